The Kier molecular flexibility index (Phi) is 4.13. The molecule has 1 atom stereocenters. The van der Waals surface area contributed by atoms with E-state index in [1.54, 1.807) is 6.07 Å². The van der Waals surface area contributed by atoms with E-state index in [-0.39, 0.29) is 27.5 Å². The molecule has 0 spiro atoms. The lowest BCUT2D eigenvalue weighted by atomic mass is 9.92. The predicted octanol–water partition coefficient (Wildman–Crippen LogP) is 3.67. The van der Waals surface area contributed by atoms with Crippen molar-refractivity contribution in [2.24, 2.45) is 5.41 Å². The Morgan fingerprint density at radius 2 is 2.20 bits per heavy atom. The summed E-state index contributed by atoms with van der Waals surface area (Å²) in [4.78, 5) is 22.6. The summed E-state index contributed by atoms with van der Waals surface area (Å²) in [6.45, 7) is 4.37. The van der Waals surface area contributed by atoms with Crippen molar-refractivity contribution in [2.75, 3.05) is 0 Å². The molecule has 1 aromatic rings. The summed E-state index contributed by atoms with van der Waals surface area (Å²) in [7, 11) is 0. The molecular weight excluding hydrogens is 324 g/mol. The van der Waals surface area contributed by atoms with Gasteiger partial charge in [-0.2, -0.15) is 0 Å². The number of nitrogens with one attached hydrogen (secondary N) is 1. The van der Waals surface area contributed by atoms with E-state index in [1.165, 1.54) is 12.1 Å². The number of carbonyl (C=O) groups is 1. The maximum absolute atomic E-state index is 12.2. The fourth-order valence-corrected chi connectivity index (χ4v) is 3.25. The summed E-state index contributed by atoms with van der Waals surface area (Å²) in [5, 5.41) is 13.8. The first-order valence-electron chi connectivity index (χ1n) is 6.54. The first-order chi connectivity index (χ1) is 9.30. The van der Waals surface area contributed by atoms with Gasteiger partial charge in [0.15, 0.2) is 0 Å². The number of halogens is 1. The molecule has 1 aliphatic rings. The summed E-state index contributed by atoms with van der Waals surface area (Å²) < 4.78 is 0.236. The minimum absolute atomic E-state index is 0.0931. The van der Waals surface area contributed by atoms with E-state index in [0.717, 1.165) is 19.3 Å². The van der Waals surface area contributed by atoms with Gasteiger partial charge in [-0.25, -0.2) is 0 Å². The lowest BCUT2D eigenvalue weighted by Gasteiger charge is -2.18. The quantitative estimate of drug-likeness (QED) is 0.673. The largest absolute Gasteiger partial charge is 0.349 e. The Morgan fingerprint density at radius 3 is 2.75 bits per heavy atom. The third-order valence-electron chi connectivity index (χ3n) is 3.72. The molecule has 0 aliphatic heterocycles. The van der Waals surface area contributed by atoms with E-state index in [0.29, 0.717) is 5.56 Å². The molecule has 2 rings (SSSR count). The summed E-state index contributed by atoms with van der Waals surface area (Å²) in [5.74, 6) is -0.261. The number of nitro benzene ring substituents is 1. The van der Waals surface area contributed by atoms with Gasteiger partial charge in [0.05, 0.1) is 10.5 Å². The van der Waals surface area contributed by atoms with Crippen LogP contribution in [0.3, 0.4) is 0 Å². The Morgan fingerprint density at radius 1 is 1.50 bits per heavy atom. The zero-order valence-corrected chi connectivity index (χ0v) is 13.1. The van der Waals surface area contributed by atoms with Gasteiger partial charge in [0.25, 0.3) is 11.6 Å². The SMILES string of the molecule is CC1(C)CCC(NC(=O)c2cccc([N+](=O)[O-])c2Br)C1. The Hall–Kier alpha value is -1.43. The highest BCUT2D eigenvalue weighted by molar-refractivity contribution is 9.10. The van der Waals surface area contributed by atoms with Crippen LogP contribution in [-0.4, -0.2) is 16.9 Å². The van der Waals surface area contributed by atoms with E-state index in [1.807, 2.05) is 0 Å². The standard InChI is InChI=1S/C14H17BrN2O3/c1-14(2)7-6-9(8-14)16-13(18)10-4-3-5-11(12(10)15)17(19)20/h3-5,9H,6-8H2,1-2H3,(H,16,18). The van der Waals surface area contributed by atoms with Crippen molar-refractivity contribution >= 4 is 27.5 Å². The number of rotatable bonds is 3. The third-order valence-corrected chi connectivity index (χ3v) is 4.56. The average molecular weight is 341 g/mol. The molecule has 0 bridgehead atoms. The van der Waals surface area contributed by atoms with E-state index in [9.17, 15) is 14.9 Å². The smallest absolute Gasteiger partial charge is 0.284 e. The minimum Gasteiger partial charge on any atom is -0.349 e. The summed E-state index contributed by atoms with van der Waals surface area (Å²) in [5.41, 5.74) is 0.464. The van der Waals surface area contributed by atoms with Crippen molar-refractivity contribution in [3.8, 4) is 0 Å². The number of hydrogen-bond donors (Lipinski definition) is 1. The van der Waals surface area contributed by atoms with Gasteiger partial charge in [0.2, 0.25) is 0 Å². The summed E-state index contributed by atoms with van der Waals surface area (Å²) in [6, 6.07) is 4.63. The van der Waals surface area contributed by atoms with Gasteiger partial charge < -0.3 is 5.32 Å². The first-order valence-corrected chi connectivity index (χ1v) is 7.33. The molecule has 108 valence electrons. The van der Waals surface area contributed by atoms with Gasteiger partial charge in [-0.1, -0.05) is 19.9 Å². The zero-order valence-electron chi connectivity index (χ0n) is 11.5. The number of amides is 1. The normalized spacial score (nSPS) is 20.6. The van der Waals surface area contributed by atoms with Crippen LogP contribution in [-0.2, 0) is 0 Å². The molecule has 1 unspecified atom stereocenters. The molecule has 0 aromatic heterocycles. The van der Waals surface area contributed by atoms with E-state index >= 15 is 0 Å². The van der Waals surface area contributed by atoms with Crippen LogP contribution in [0.2, 0.25) is 0 Å². The summed E-state index contributed by atoms with van der Waals surface area (Å²) >= 11 is 3.15. The van der Waals surface area contributed by atoms with Crippen molar-refractivity contribution in [2.45, 2.75) is 39.2 Å². The van der Waals surface area contributed by atoms with Crippen LogP contribution in [0.5, 0.6) is 0 Å². The molecule has 0 radical (unpaired) electrons. The van der Waals surface area contributed by atoms with Gasteiger partial charge in [0, 0.05) is 12.1 Å². The lowest BCUT2D eigenvalue weighted by molar-refractivity contribution is -0.385. The maximum atomic E-state index is 12.2. The highest BCUT2D eigenvalue weighted by Crippen LogP contribution is 2.37. The molecule has 1 aliphatic carbocycles. The van der Waals surface area contributed by atoms with E-state index < -0.39 is 4.92 Å². The fourth-order valence-electron chi connectivity index (χ4n) is 2.66. The topological polar surface area (TPSA) is 72.2 Å². The molecule has 0 saturated heterocycles. The van der Waals surface area contributed by atoms with Crippen LogP contribution in [0.15, 0.2) is 22.7 Å². The van der Waals surface area contributed by atoms with Crippen LogP contribution in [0, 0.1) is 15.5 Å². The third kappa shape index (κ3) is 3.17. The van der Waals surface area contributed by atoms with Gasteiger partial charge in [-0.3, -0.25) is 14.9 Å². The molecule has 20 heavy (non-hydrogen) atoms. The van der Waals surface area contributed by atoms with Crippen LogP contribution in [0.1, 0.15) is 43.5 Å². The molecule has 1 saturated carbocycles. The lowest BCUT2D eigenvalue weighted by Crippen LogP contribution is -2.33. The van der Waals surface area contributed by atoms with Crippen LogP contribution in [0.4, 0.5) is 5.69 Å². The highest BCUT2D eigenvalue weighted by atomic mass is 79.9. The van der Waals surface area contributed by atoms with Crippen molar-refractivity contribution in [3.63, 3.8) is 0 Å². The van der Waals surface area contributed by atoms with Crippen LogP contribution >= 0.6 is 15.9 Å². The monoisotopic (exact) mass is 340 g/mol. The van der Waals surface area contributed by atoms with E-state index in [4.69, 9.17) is 0 Å². The molecule has 5 nitrogen and oxygen atoms in total. The Balaban J connectivity index is 2.14. The van der Waals surface area contributed by atoms with Gasteiger partial charge in [0.1, 0.15) is 4.47 Å². The molecule has 1 N–H and O–H groups in total. The highest BCUT2D eigenvalue weighted by Gasteiger charge is 2.32. The molecule has 1 aromatic carbocycles. The molecule has 1 fully saturated rings. The van der Waals surface area contributed by atoms with Crippen molar-refractivity contribution in [3.05, 3.63) is 38.3 Å². The Bertz CT molecular complexity index is 557. The number of benzene rings is 1. The van der Waals surface area contributed by atoms with Crippen molar-refractivity contribution in [1.82, 2.24) is 5.32 Å². The van der Waals surface area contributed by atoms with Gasteiger partial charge in [-0.05, 0) is 46.7 Å². The number of nitro groups is 1. The van der Waals surface area contributed by atoms with Gasteiger partial charge in [-0.15, -0.1) is 0 Å². The zero-order chi connectivity index (χ0) is 14.9. The molecule has 6 heteroatoms. The minimum atomic E-state index is -0.500. The van der Waals surface area contributed by atoms with Gasteiger partial charge >= 0.3 is 0 Å². The molecule has 1 amide bonds. The van der Waals surface area contributed by atoms with Crippen LogP contribution < -0.4 is 5.32 Å². The predicted molar refractivity (Wildman–Crippen MR) is 79.7 cm³/mol. The van der Waals surface area contributed by atoms with E-state index in [2.05, 4.69) is 35.1 Å². The Labute approximate surface area is 126 Å². The van der Waals surface area contributed by atoms with Crippen LogP contribution in [0.25, 0.3) is 0 Å². The fraction of sp³-hybridized carbons (Fsp3) is 0.500. The van der Waals surface area contributed by atoms with Crippen molar-refractivity contribution < 1.29 is 9.72 Å². The second-order valence-corrected chi connectivity index (χ2v) is 6.77. The van der Waals surface area contributed by atoms with Crippen molar-refractivity contribution in [1.29, 1.82) is 0 Å². The second-order valence-electron chi connectivity index (χ2n) is 5.97. The number of nitrogens with zero attached hydrogens (tertiary/aromatic N) is 1. The average Bonchev–Trinajstić information content (AvgIpc) is 2.68. The summed E-state index contributed by atoms with van der Waals surface area (Å²) in [6.07, 6.45) is 2.96. The number of hydrogen-bond acceptors (Lipinski definition) is 3. The number of carbonyl (C=O) groups excluding carboxylic acids is 1. The first kappa shape index (κ1) is 15.0. The molecular formula is C14H17BrN2O3. The second kappa shape index (κ2) is 5.52. The molecule has 0 heterocycles. The maximum Gasteiger partial charge on any atom is 0.284 e.